The fourth-order valence-electron chi connectivity index (χ4n) is 2.75. The van der Waals surface area contributed by atoms with Crippen LogP contribution in [0.15, 0.2) is 24.3 Å². The molecular formula is C16H17N3O2. The van der Waals surface area contributed by atoms with E-state index < -0.39 is 5.97 Å². The summed E-state index contributed by atoms with van der Waals surface area (Å²) in [5, 5.41) is 17.8. The average molecular weight is 283 g/mol. The third kappa shape index (κ3) is 2.35. The molecule has 1 aromatic carbocycles. The van der Waals surface area contributed by atoms with Crippen molar-refractivity contribution in [1.29, 1.82) is 0 Å². The highest BCUT2D eigenvalue weighted by Gasteiger charge is 2.25. The molecule has 0 saturated carbocycles. The Morgan fingerprint density at radius 2 is 1.90 bits per heavy atom. The number of hydrogen-bond acceptors (Lipinski definition) is 4. The van der Waals surface area contributed by atoms with Crippen molar-refractivity contribution in [2.45, 2.75) is 26.8 Å². The van der Waals surface area contributed by atoms with Gasteiger partial charge in [-0.2, -0.15) is 5.10 Å². The van der Waals surface area contributed by atoms with Crippen molar-refractivity contribution in [2.75, 3.05) is 11.4 Å². The molecule has 108 valence electrons. The van der Waals surface area contributed by atoms with Gasteiger partial charge in [0, 0.05) is 13.1 Å². The lowest BCUT2D eigenvalue weighted by molar-refractivity contribution is 0.0696. The summed E-state index contributed by atoms with van der Waals surface area (Å²) in [6.45, 7) is 5.00. The first-order valence-corrected chi connectivity index (χ1v) is 6.97. The summed E-state index contributed by atoms with van der Waals surface area (Å²) < 4.78 is 0. The van der Waals surface area contributed by atoms with Gasteiger partial charge in [-0.05, 0) is 37.0 Å². The number of aromatic carboxylic acids is 1. The molecule has 5 nitrogen and oxygen atoms in total. The van der Waals surface area contributed by atoms with Crippen molar-refractivity contribution < 1.29 is 9.90 Å². The number of aryl methyl sites for hydroxylation is 1. The molecule has 1 aliphatic rings. The highest BCUT2D eigenvalue weighted by Crippen LogP contribution is 2.27. The van der Waals surface area contributed by atoms with Crippen LogP contribution in [0.1, 0.15) is 32.7 Å². The van der Waals surface area contributed by atoms with Gasteiger partial charge in [0.2, 0.25) is 0 Å². The fraction of sp³-hybridized carbons (Fsp3) is 0.312. The van der Waals surface area contributed by atoms with Gasteiger partial charge in [-0.15, -0.1) is 5.10 Å². The second-order valence-corrected chi connectivity index (χ2v) is 5.35. The molecule has 2 heterocycles. The summed E-state index contributed by atoms with van der Waals surface area (Å²) in [6, 6.07) is 8.24. The first-order valence-electron chi connectivity index (χ1n) is 6.97. The maximum atomic E-state index is 11.6. The first kappa shape index (κ1) is 13.5. The Morgan fingerprint density at radius 1 is 1.19 bits per heavy atom. The number of fused-ring (bicyclic) bond motifs is 1. The van der Waals surface area contributed by atoms with Crippen LogP contribution in [0, 0.1) is 13.8 Å². The van der Waals surface area contributed by atoms with Crippen molar-refractivity contribution in [1.82, 2.24) is 10.2 Å². The molecule has 1 N–H and O–H groups in total. The molecule has 0 unspecified atom stereocenters. The van der Waals surface area contributed by atoms with E-state index in [1.807, 2.05) is 17.0 Å². The normalized spacial score (nSPS) is 13.9. The van der Waals surface area contributed by atoms with Crippen LogP contribution < -0.4 is 4.90 Å². The van der Waals surface area contributed by atoms with Crippen molar-refractivity contribution in [3.8, 4) is 0 Å². The number of hydrogen-bond donors (Lipinski definition) is 1. The second-order valence-electron chi connectivity index (χ2n) is 5.35. The minimum absolute atomic E-state index is 0.266. The lowest BCUT2D eigenvalue weighted by atomic mass is 9.99. The molecular weight excluding hydrogens is 266 g/mol. The predicted molar refractivity (Wildman–Crippen MR) is 79.7 cm³/mol. The Kier molecular flexibility index (Phi) is 3.33. The summed E-state index contributed by atoms with van der Waals surface area (Å²) >= 11 is 0. The molecule has 0 bridgehead atoms. The van der Waals surface area contributed by atoms with Crippen LogP contribution in [0.25, 0.3) is 0 Å². The Labute approximate surface area is 123 Å². The van der Waals surface area contributed by atoms with E-state index in [0.717, 1.165) is 13.0 Å². The summed E-state index contributed by atoms with van der Waals surface area (Å²) in [5.74, 6) is -0.473. The number of nitrogens with zero attached hydrogens (tertiary/aromatic N) is 3. The first-order chi connectivity index (χ1) is 10.1. The maximum Gasteiger partial charge on any atom is 0.339 e. The molecule has 1 aliphatic heterocycles. The van der Waals surface area contributed by atoms with E-state index in [1.54, 1.807) is 13.8 Å². The number of carboxylic acids is 1. The minimum atomic E-state index is -0.945. The molecule has 3 rings (SSSR count). The van der Waals surface area contributed by atoms with Crippen molar-refractivity contribution in [3.63, 3.8) is 0 Å². The van der Waals surface area contributed by atoms with Gasteiger partial charge in [0.05, 0.1) is 5.69 Å². The highest BCUT2D eigenvalue weighted by molar-refractivity contribution is 5.95. The Morgan fingerprint density at radius 3 is 2.62 bits per heavy atom. The SMILES string of the molecule is Cc1nnc(N2CCc3ccccc3C2)c(C(=O)O)c1C. The number of rotatable bonds is 2. The topological polar surface area (TPSA) is 66.3 Å². The molecule has 1 aromatic heterocycles. The largest absolute Gasteiger partial charge is 0.478 e. The van der Waals surface area contributed by atoms with Crippen LogP contribution >= 0.6 is 0 Å². The quantitative estimate of drug-likeness (QED) is 0.916. The molecule has 0 spiro atoms. The maximum absolute atomic E-state index is 11.6. The third-order valence-electron chi connectivity index (χ3n) is 4.08. The van der Waals surface area contributed by atoms with Gasteiger partial charge in [-0.25, -0.2) is 4.79 Å². The summed E-state index contributed by atoms with van der Waals surface area (Å²) in [5.41, 5.74) is 4.16. The third-order valence-corrected chi connectivity index (χ3v) is 4.08. The molecule has 0 aliphatic carbocycles. The zero-order chi connectivity index (χ0) is 15.0. The van der Waals surface area contributed by atoms with Crippen LogP contribution in [0.4, 0.5) is 5.82 Å². The van der Waals surface area contributed by atoms with Crippen LogP contribution in [-0.2, 0) is 13.0 Å². The molecule has 21 heavy (non-hydrogen) atoms. The number of benzene rings is 1. The van der Waals surface area contributed by atoms with E-state index in [2.05, 4.69) is 22.3 Å². The van der Waals surface area contributed by atoms with E-state index >= 15 is 0 Å². The highest BCUT2D eigenvalue weighted by atomic mass is 16.4. The summed E-state index contributed by atoms with van der Waals surface area (Å²) in [6.07, 6.45) is 0.893. The van der Waals surface area contributed by atoms with Gasteiger partial charge in [0.1, 0.15) is 5.56 Å². The van der Waals surface area contributed by atoms with Crippen molar-refractivity contribution >= 4 is 11.8 Å². The van der Waals surface area contributed by atoms with Gasteiger partial charge in [-0.3, -0.25) is 0 Å². The molecule has 0 fully saturated rings. The van der Waals surface area contributed by atoms with Gasteiger partial charge in [0.25, 0.3) is 0 Å². The van der Waals surface area contributed by atoms with Crippen LogP contribution in [0.3, 0.4) is 0 Å². The smallest absolute Gasteiger partial charge is 0.339 e. The Balaban J connectivity index is 2.03. The number of carbonyl (C=O) groups is 1. The zero-order valence-corrected chi connectivity index (χ0v) is 12.1. The van der Waals surface area contributed by atoms with E-state index in [4.69, 9.17) is 0 Å². The van der Waals surface area contributed by atoms with Crippen molar-refractivity contribution in [3.05, 3.63) is 52.2 Å². The number of carboxylic acid groups (broad SMARTS) is 1. The van der Waals surface area contributed by atoms with Gasteiger partial charge in [-0.1, -0.05) is 24.3 Å². The van der Waals surface area contributed by atoms with Crippen molar-refractivity contribution in [2.24, 2.45) is 0 Å². The number of anilines is 1. The minimum Gasteiger partial charge on any atom is -0.478 e. The molecule has 0 amide bonds. The molecule has 0 saturated heterocycles. The predicted octanol–water partition coefficient (Wildman–Crippen LogP) is 2.35. The molecule has 0 atom stereocenters. The van der Waals surface area contributed by atoms with Gasteiger partial charge in [0.15, 0.2) is 5.82 Å². The molecule has 5 heteroatoms. The monoisotopic (exact) mass is 283 g/mol. The standard InChI is InChI=1S/C16H17N3O2/c1-10-11(2)17-18-15(14(10)16(20)21)19-8-7-12-5-3-4-6-13(12)9-19/h3-6H,7-9H2,1-2H3,(H,20,21). The average Bonchev–Trinajstić information content (AvgIpc) is 2.49. The number of aromatic nitrogens is 2. The fourth-order valence-corrected chi connectivity index (χ4v) is 2.75. The van der Waals surface area contributed by atoms with Crippen LogP contribution in [0.5, 0.6) is 0 Å². The zero-order valence-electron chi connectivity index (χ0n) is 12.1. The molecule has 2 aromatic rings. The lowest BCUT2D eigenvalue weighted by Crippen LogP contribution is -2.33. The van der Waals surface area contributed by atoms with E-state index in [1.165, 1.54) is 11.1 Å². The molecule has 0 radical (unpaired) electrons. The van der Waals surface area contributed by atoms with E-state index in [9.17, 15) is 9.90 Å². The van der Waals surface area contributed by atoms with Gasteiger partial charge >= 0.3 is 5.97 Å². The lowest BCUT2D eigenvalue weighted by Gasteiger charge is -2.30. The Bertz CT molecular complexity index is 713. The van der Waals surface area contributed by atoms with E-state index in [-0.39, 0.29) is 5.56 Å². The summed E-state index contributed by atoms with van der Waals surface area (Å²) in [4.78, 5) is 13.6. The van der Waals surface area contributed by atoms with E-state index in [0.29, 0.717) is 23.6 Å². The second kappa shape index (κ2) is 5.16. The van der Waals surface area contributed by atoms with Crippen LogP contribution in [0.2, 0.25) is 0 Å². The Hall–Kier alpha value is -2.43. The van der Waals surface area contributed by atoms with Crippen LogP contribution in [-0.4, -0.2) is 27.8 Å². The summed E-state index contributed by atoms with van der Waals surface area (Å²) in [7, 11) is 0. The van der Waals surface area contributed by atoms with Gasteiger partial charge < -0.3 is 10.0 Å².